The van der Waals surface area contributed by atoms with Crippen molar-refractivity contribution in [2.45, 2.75) is 0 Å². The molecule has 0 bridgehead atoms. The van der Waals surface area contributed by atoms with Crippen molar-refractivity contribution in [1.82, 2.24) is 0 Å². The zero-order chi connectivity index (χ0) is 23.1. The summed E-state index contributed by atoms with van der Waals surface area (Å²) in [5.74, 6) is -0.941. The van der Waals surface area contributed by atoms with Gasteiger partial charge in [-0.1, -0.05) is 27.5 Å². The van der Waals surface area contributed by atoms with E-state index in [4.69, 9.17) is 11.6 Å². The third-order valence-electron chi connectivity index (χ3n) is 4.43. The monoisotopic (exact) mass is 512 g/mol. The Bertz CT molecular complexity index is 1010. The van der Waals surface area contributed by atoms with Gasteiger partial charge >= 0.3 is 0 Å². The minimum absolute atomic E-state index is 0.104. The van der Waals surface area contributed by atoms with Gasteiger partial charge in [0.15, 0.2) is 11.6 Å². The number of rotatable bonds is 4. The number of hydrogen-bond donors (Lipinski definition) is 0. The van der Waals surface area contributed by atoms with Crippen LogP contribution in [0.5, 0.6) is 0 Å². The van der Waals surface area contributed by atoms with Crippen LogP contribution in [-0.4, -0.2) is 11.6 Å². The first kappa shape index (κ1) is 23.5. The molecule has 4 aromatic carbocycles. The van der Waals surface area contributed by atoms with E-state index < -0.39 is 0 Å². The molecule has 0 spiro atoms. The second-order valence-corrected chi connectivity index (χ2v) is 8.04. The SMILES string of the molecule is O=C(c1ccc(F)cc1)c1ccc(Br)cc1.O=C(c1ccc(F)cc1)c1ccc(Cl)cc1. The predicted molar refractivity (Wildman–Crippen MR) is 125 cm³/mol. The summed E-state index contributed by atoms with van der Waals surface area (Å²) in [6.45, 7) is 0. The molecule has 160 valence electrons. The molecule has 0 N–H and O–H groups in total. The molecular weight excluding hydrogens is 498 g/mol. The second kappa shape index (κ2) is 10.9. The van der Waals surface area contributed by atoms with Crippen molar-refractivity contribution in [2.75, 3.05) is 0 Å². The maximum atomic E-state index is 12.7. The number of hydrogen-bond acceptors (Lipinski definition) is 2. The van der Waals surface area contributed by atoms with Crippen LogP contribution in [0.4, 0.5) is 8.78 Å². The fourth-order valence-corrected chi connectivity index (χ4v) is 3.13. The van der Waals surface area contributed by atoms with Crippen LogP contribution in [-0.2, 0) is 0 Å². The van der Waals surface area contributed by atoms with Crippen LogP contribution >= 0.6 is 27.5 Å². The van der Waals surface area contributed by atoms with Gasteiger partial charge in [0.25, 0.3) is 0 Å². The third kappa shape index (κ3) is 6.42. The van der Waals surface area contributed by atoms with Crippen molar-refractivity contribution in [3.63, 3.8) is 0 Å². The highest BCUT2D eigenvalue weighted by molar-refractivity contribution is 9.10. The first-order valence-electron chi connectivity index (χ1n) is 9.45. The predicted octanol–water partition coefficient (Wildman–Crippen LogP) is 7.53. The number of halogens is 4. The van der Waals surface area contributed by atoms with E-state index in [1.165, 1.54) is 48.5 Å². The van der Waals surface area contributed by atoms with Gasteiger partial charge in [-0.25, -0.2) is 8.78 Å². The molecule has 6 heteroatoms. The lowest BCUT2D eigenvalue weighted by Gasteiger charge is -2.01. The molecule has 2 nitrogen and oxygen atoms in total. The first-order chi connectivity index (χ1) is 15.3. The van der Waals surface area contributed by atoms with Crippen molar-refractivity contribution in [3.8, 4) is 0 Å². The molecule has 0 fully saturated rings. The highest BCUT2D eigenvalue weighted by Gasteiger charge is 2.09. The van der Waals surface area contributed by atoms with Crippen molar-refractivity contribution in [1.29, 1.82) is 0 Å². The Labute approximate surface area is 197 Å². The summed E-state index contributed by atoms with van der Waals surface area (Å²) in [7, 11) is 0. The number of ketones is 2. The summed E-state index contributed by atoms with van der Waals surface area (Å²) >= 11 is 9.02. The van der Waals surface area contributed by atoms with E-state index in [1.807, 2.05) is 0 Å². The zero-order valence-electron chi connectivity index (χ0n) is 16.6. The van der Waals surface area contributed by atoms with Gasteiger partial charge in [-0.3, -0.25) is 9.59 Å². The molecule has 0 aliphatic carbocycles. The topological polar surface area (TPSA) is 34.1 Å². The molecule has 0 saturated heterocycles. The zero-order valence-corrected chi connectivity index (χ0v) is 18.9. The first-order valence-corrected chi connectivity index (χ1v) is 10.6. The second-order valence-electron chi connectivity index (χ2n) is 6.69. The van der Waals surface area contributed by atoms with Crippen LogP contribution in [0.15, 0.2) is 102 Å². The Morgan fingerprint density at radius 1 is 0.531 bits per heavy atom. The van der Waals surface area contributed by atoms with E-state index in [0.717, 1.165) is 4.47 Å². The Kier molecular flexibility index (Phi) is 8.03. The standard InChI is InChI=1S/C13H8BrFO.C13H8ClFO/c2*14-11-5-1-9(2-6-11)13(16)10-3-7-12(15)8-4-10/h2*1-8H. The summed E-state index contributed by atoms with van der Waals surface area (Å²) in [6, 6.07) is 24.7. The lowest BCUT2D eigenvalue weighted by molar-refractivity contribution is 0.103. The molecular formula is C26H16BrClF2O2. The van der Waals surface area contributed by atoms with Gasteiger partial charge in [-0.15, -0.1) is 0 Å². The molecule has 0 amide bonds. The summed E-state index contributed by atoms with van der Waals surface area (Å²) in [4.78, 5) is 23.8. The normalized spacial score (nSPS) is 10.1. The van der Waals surface area contributed by atoms with Crippen LogP contribution in [0.1, 0.15) is 31.8 Å². The van der Waals surface area contributed by atoms with Crippen LogP contribution in [0.2, 0.25) is 5.02 Å². The van der Waals surface area contributed by atoms with Crippen molar-refractivity contribution < 1.29 is 18.4 Å². The molecule has 0 aromatic heterocycles. The van der Waals surface area contributed by atoms with Gasteiger partial charge in [-0.05, 0) is 97.1 Å². The number of carbonyl (C=O) groups excluding carboxylic acids is 2. The maximum absolute atomic E-state index is 12.7. The van der Waals surface area contributed by atoms with Crippen molar-refractivity contribution in [3.05, 3.63) is 140 Å². The van der Waals surface area contributed by atoms with Gasteiger partial charge in [0.2, 0.25) is 0 Å². The van der Waals surface area contributed by atoms with E-state index >= 15 is 0 Å². The summed E-state index contributed by atoms with van der Waals surface area (Å²) < 4.78 is 26.3. The van der Waals surface area contributed by atoms with Crippen LogP contribution in [0.25, 0.3) is 0 Å². The molecule has 32 heavy (non-hydrogen) atoms. The number of benzene rings is 4. The molecule has 0 aliphatic heterocycles. The Balaban J connectivity index is 0.000000181. The maximum Gasteiger partial charge on any atom is 0.193 e. The Morgan fingerprint density at radius 2 is 0.812 bits per heavy atom. The smallest absolute Gasteiger partial charge is 0.193 e. The van der Waals surface area contributed by atoms with Crippen LogP contribution in [0, 0.1) is 11.6 Å². The molecule has 0 saturated carbocycles. The van der Waals surface area contributed by atoms with Gasteiger partial charge in [0.1, 0.15) is 11.6 Å². The summed E-state index contributed by atoms with van der Waals surface area (Å²) in [6.07, 6.45) is 0. The van der Waals surface area contributed by atoms with E-state index in [1.54, 1.807) is 48.5 Å². The Hall–Kier alpha value is -3.15. The fourth-order valence-electron chi connectivity index (χ4n) is 2.74. The van der Waals surface area contributed by atoms with E-state index in [-0.39, 0.29) is 23.2 Å². The highest BCUT2D eigenvalue weighted by Crippen LogP contribution is 2.15. The third-order valence-corrected chi connectivity index (χ3v) is 5.21. The van der Waals surface area contributed by atoms with Gasteiger partial charge in [-0.2, -0.15) is 0 Å². The van der Waals surface area contributed by atoms with Crippen molar-refractivity contribution >= 4 is 39.1 Å². The summed E-state index contributed by atoms with van der Waals surface area (Å²) in [5.41, 5.74) is 2.08. The van der Waals surface area contributed by atoms with E-state index in [2.05, 4.69) is 15.9 Å². The Morgan fingerprint density at radius 3 is 1.16 bits per heavy atom. The fraction of sp³-hybridized carbons (Fsp3) is 0. The summed E-state index contributed by atoms with van der Waals surface area (Å²) in [5, 5.41) is 0.579. The minimum Gasteiger partial charge on any atom is -0.289 e. The molecule has 0 radical (unpaired) electrons. The van der Waals surface area contributed by atoms with Gasteiger partial charge in [0.05, 0.1) is 0 Å². The molecule has 0 atom stereocenters. The largest absolute Gasteiger partial charge is 0.289 e. The van der Waals surface area contributed by atoms with E-state index in [9.17, 15) is 18.4 Å². The number of carbonyl (C=O) groups is 2. The molecule has 0 unspecified atom stereocenters. The lowest BCUT2D eigenvalue weighted by Crippen LogP contribution is -2.00. The van der Waals surface area contributed by atoms with Gasteiger partial charge in [0, 0.05) is 31.7 Å². The van der Waals surface area contributed by atoms with Crippen LogP contribution < -0.4 is 0 Å². The molecule has 0 aliphatic rings. The van der Waals surface area contributed by atoms with Gasteiger partial charge < -0.3 is 0 Å². The minimum atomic E-state index is -0.354. The molecule has 4 rings (SSSR count). The highest BCUT2D eigenvalue weighted by atomic mass is 79.9. The average Bonchev–Trinajstić information content (AvgIpc) is 2.81. The molecule has 4 aromatic rings. The lowest BCUT2D eigenvalue weighted by atomic mass is 10.0. The van der Waals surface area contributed by atoms with Crippen molar-refractivity contribution in [2.24, 2.45) is 0 Å². The quantitative estimate of drug-likeness (QED) is 0.264. The average molecular weight is 514 g/mol. The van der Waals surface area contributed by atoms with E-state index in [0.29, 0.717) is 27.3 Å². The van der Waals surface area contributed by atoms with Crippen LogP contribution in [0.3, 0.4) is 0 Å². The molecule has 0 heterocycles.